The Labute approximate surface area is 123 Å². The third-order valence-corrected chi connectivity index (χ3v) is 4.08. The summed E-state index contributed by atoms with van der Waals surface area (Å²) in [5.41, 5.74) is -0.144. The van der Waals surface area contributed by atoms with Gasteiger partial charge in [0.1, 0.15) is 5.82 Å². The molecule has 0 aliphatic carbocycles. The number of aryl methyl sites for hydroxylation is 1. The summed E-state index contributed by atoms with van der Waals surface area (Å²) in [6, 6.07) is 0.292. The number of nitrogens with zero attached hydrogens (tertiary/aromatic N) is 2. The average Bonchev–Trinajstić information content (AvgIpc) is 2.90. The number of imidazole rings is 1. The van der Waals surface area contributed by atoms with E-state index in [9.17, 15) is 0 Å². The highest BCUT2D eigenvalue weighted by molar-refractivity contribution is 5.01. The van der Waals surface area contributed by atoms with Crippen molar-refractivity contribution >= 4 is 0 Å². The molecule has 2 unspecified atom stereocenters. The van der Waals surface area contributed by atoms with Crippen molar-refractivity contribution < 1.29 is 4.74 Å². The predicted octanol–water partition coefficient (Wildman–Crippen LogP) is 3.02. The standard InChI is InChI=1S/C16H31N3O/c1-6-10-17-14(16(5,7-2)20-9-4)13-15-18-11-12-19(15)8-3/h11-12,14,17H,6-10,13H2,1-5H3. The van der Waals surface area contributed by atoms with Crippen LogP contribution in [-0.4, -0.2) is 34.3 Å². The van der Waals surface area contributed by atoms with E-state index < -0.39 is 0 Å². The van der Waals surface area contributed by atoms with Crippen molar-refractivity contribution in [2.45, 2.75) is 72.1 Å². The zero-order valence-electron chi connectivity index (χ0n) is 13.8. The van der Waals surface area contributed by atoms with Gasteiger partial charge in [0.25, 0.3) is 0 Å². The lowest BCUT2D eigenvalue weighted by Gasteiger charge is -2.37. The van der Waals surface area contributed by atoms with E-state index >= 15 is 0 Å². The van der Waals surface area contributed by atoms with Gasteiger partial charge in [0.15, 0.2) is 0 Å². The first-order valence-electron chi connectivity index (χ1n) is 7.98. The van der Waals surface area contributed by atoms with Gasteiger partial charge in [-0.1, -0.05) is 13.8 Å². The Balaban J connectivity index is 2.87. The summed E-state index contributed by atoms with van der Waals surface area (Å²) in [5, 5.41) is 3.66. The molecule has 1 aromatic heterocycles. The van der Waals surface area contributed by atoms with Crippen LogP contribution in [0.25, 0.3) is 0 Å². The summed E-state index contributed by atoms with van der Waals surface area (Å²) in [6.45, 7) is 13.6. The van der Waals surface area contributed by atoms with E-state index in [4.69, 9.17) is 4.74 Å². The summed E-state index contributed by atoms with van der Waals surface area (Å²) < 4.78 is 8.27. The van der Waals surface area contributed by atoms with E-state index in [1.165, 1.54) is 0 Å². The fraction of sp³-hybridized carbons (Fsp3) is 0.812. The Bertz CT molecular complexity index is 378. The molecule has 0 amide bonds. The molecule has 0 aromatic carbocycles. The zero-order valence-corrected chi connectivity index (χ0v) is 13.8. The highest BCUT2D eigenvalue weighted by atomic mass is 16.5. The molecule has 0 saturated carbocycles. The van der Waals surface area contributed by atoms with Gasteiger partial charge in [0.05, 0.1) is 5.60 Å². The van der Waals surface area contributed by atoms with Crippen LogP contribution in [0.15, 0.2) is 12.4 Å². The molecule has 1 N–H and O–H groups in total. The molecule has 0 aliphatic heterocycles. The molecule has 1 heterocycles. The third kappa shape index (κ3) is 4.32. The molecule has 4 nitrogen and oxygen atoms in total. The maximum absolute atomic E-state index is 6.06. The van der Waals surface area contributed by atoms with Gasteiger partial charge in [0.2, 0.25) is 0 Å². The summed E-state index contributed by atoms with van der Waals surface area (Å²) in [5.74, 6) is 1.14. The van der Waals surface area contributed by atoms with Crippen LogP contribution >= 0.6 is 0 Å². The van der Waals surface area contributed by atoms with Gasteiger partial charge < -0.3 is 14.6 Å². The lowest BCUT2D eigenvalue weighted by Crippen LogP contribution is -2.52. The summed E-state index contributed by atoms with van der Waals surface area (Å²) in [7, 11) is 0. The zero-order chi connectivity index (χ0) is 15.0. The molecular formula is C16H31N3O. The Morgan fingerprint density at radius 3 is 2.65 bits per heavy atom. The third-order valence-electron chi connectivity index (χ3n) is 4.08. The van der Waals surface area contributed by atoms with Gasteiger partial charge in [0, 0.05) is 38.0 Å². The number of hydrogen-bond donors (Lipinski definition) is 1. The average molecular weight is 281 g/mol. The van der Waals surface area contributed by atoms with Crippen LogP contribution in [-0.2, 0) is 17.7 Å². The van der Waals surface area contributed by atoms with Gasteiger partial charge in [-0.05, 0) is 40.2 Å². The molecule has 1 aromatic rings. The highest BCUT2D eigenvalue weighted by Gasteiger charge is 2.33. The second kappa shape index (κ2) is 8.42. The highest BCUT2D eigenvalue weighted by Crippen LogP contribution is 2.23. The van der Waals surface area contributed by atoms with Crippen molar-refractivity contribution in [3.63, 3.8) is 0 Å². The fourth-order valence-corrected chi connectivity index (χ4v) is 2.60. The van der Waals surface area contributed by atoms with Crippen LogP contribution in [0.5, 0.6) is 0 Å². The van der Waals surface area contributed by atoms with Crippen LogP contribution < -0.4 is 5.32 Å². The molecular weight excluding hydrogens is 250 g/mol. The quantitative estimate of drug-likeness (QED) is 0.716. The fourth-order valence-electron chi connectivity index (χ4n) is 2.60. The number of nitrogens with one attached hydrogen (secondary N) is 1. The van der Waals surface area contributed by atoms with E-state index in [0.29, 0.717) is 6.04 Å². The van der Waals surface area contributed by atoms with Crippen molar-refractivity contribution in [3.05, 3.63) is 18.2 Å². The number of rotatable bonds is 10. The molecule has 0 saturated heterocycles. The normalized spacial score (nSPS) is 16.1. The molecule has 20 heavy (non-hydrogen) atoms. The number of ether oxygens (including phenoxy) is 1. The van der Waals surface area contributed by atoms with Crippen LogP contribution in [0.4, 0.5) is 0 Å². The monoisotopic (exact) mass is 281 g/mol. The van der Waals surface area contributed by atoms with E-state index in [0.717, 1.165) is 44.8 Å². The van der Waals surface area contributed by atoms with Crippen molar-refractivity contribution in [1.29, 1.82) is 0 Å². The lowest BCUT2D eigenvalue weighted by molar-refractivity contribution is -0.0555. The first-order valence-corrected chi connectivity index (χ1v) is 7.98. The first kappa shape index (κ1) is 17.2. The van der Waals surface area contributed by atoms with Gasteiger partial charge >= 0.3 is 0 Å². The van der Waals surface area contributed by atoms with Crippen molar-refractivity contribution in [2.24, 2.45) is 0 Å². The molecule has 2 atom stereocenters. The maximum atomic E-state index is 6.06. The maximum Gasteiger partial charge on any atom is 0.110 e. The van der Waals surface area contributed by atoms with Crippen molar-refractivity contribution in [1.82, 2.24) is 14.9 Å². The number of aromatic nitrogens is 2. The first-order chi connectivity index (χ1) is 9.61. The molecule has 0 spiro atoms. The Kier molecular flexibility index (Phi) is 7.24. The molecule has 0 fully saturated rings. The van der Waals surface area contributed by atoms with Crippen LogP contribution in [0.1, 0.15) is 53.3 Å². The molecule has 1 rings (SSSR count). The molecule has 0 bridgehead atoms. The Morgan fingerprint density at radius 2 is 2.10 bits per heavy atom. The van der Waals surface area contributed by atoms with E-state index in [-0.39, 0.29) is 5.60 Å². The predicted molar refractivity (Wildman–Crippen MR) is 84.0 cm³/mol. The molecule has 0 aliphatic rings. The van der Waals surface area contributed by atoms with Gasteiger partial charge in [-0.15, -0.1) is 0 Å². The Morgan fingerprint density at radius 1 is 1.35 bits per heavy atom. The molecule has 4 heteroatoms. The summed E-state index contributed by atoms with van der Waals surface area (Å²) >= 11 is 0. The SMILES string of the molecule is CCCNC(Cc1nccn1CC)C(C)(CC)OCC. The minimum absolute atomic E-state index is 0.144. The van der Waals surface area contributed by atoms with E-state index in [1.54, 1.807) is 0 Å². The summed E-state index contributed by atoms with van der Waals surface area (Å²) in [4.78, 5) is 4.51. The van der Waals surface area contributed by atoms with Gasteiger partial charge in [-0.3, -0.25) is 0 Å². The minimum Gasteiger partial charge on any atom is -0.374 e. The molecule has 116 valence electrons. The van der Waals surface area contributed by atoms with Crippen LogP contribution in [0.3, 0.4) is 0 Å². The van der Waals surface area contributed by atoms with Crippen molar-refractivity contribution in [3.8, 4) is 0 Å². The largest absolute Gasteiger partial charge is 0.374 e. The van der Waals surface area contributed by atoms with Crippen LogP contribution in [0.2, 0.25) is 0 Å². The van der Waals surface area contributed by atoms with E-state index in [2.05, 4.69) is 55.7 Å². The van der Waals surface area contributed by atoms with Gasteiger partial charge in [-0.25, -0.2) is 4.98 Å². The topological polar surface area (TPSA) is 39.1 Å². The van der Waals surface area contributed by atoms with Crippen LogP contribution in [0, 0.1) is 0 Å². The van der Waals surface area contributed by atoms with Crippen molar-refractivity contribution in [2.75, 3.05) is 13.2 Å². The summed E-state index contributed by atoms with van der Waals surface area (Å²) in [6.07, 6.45) is 6.97. The van der Waals surface area contributed by atoms with Gasteiger partial charge in [-0.2, -0.15) is 0 Å². The minimum atomic E-state index is -0.144. The smallest absolute Gasteiger partial charge is 0.110 e. The second-order valence-electron chi connectivity index (χ2n) is 5.44. The van der Waals surface area contributed by atoms with E-state index in [1.807, 2.05) is 6.20 Å². The second-order valence-corrected chi connectivity index (χ2v) is 5.44. The lowest BCUT2D eigenvalue weighted by atomic mass is 9.90. The molecule has 0 radical (unpaired) electrons. The number of hydrogen-bond acceptors (Lipinski definition) is 3. The Hall–Kier alpha value is -0.870.